The Bertz CT molecular complexity index is 869. The highest BCUT2D eigenvalue weighted by Gasteiger charge is 2.28. The molecule has 1 aliphatic heterocycles. The van der Waals surface area contributed by atoms with Crippen LogP contribution in [0.1, 0.15) is 32.6 Å². The van der Waals surface area contributed by atoms with Gasteiger partial charge in [-0.15, -0.1) is 22.7 Å². The number of nitriles is 1. The van der Waals surface area contributed by atoms with Crippen LogP contribution in [0.4, 0.5) is 9.80 Å². The highest BCUT2D eigenvalue weighted by molar-refractivity contribution is 7.18. The smallest absolute Gasteiger partial charge is 0.410 e. The summed E-state index contributed by atoms with van der Waals surface area (Å²) in [6.07, 6.45) is 0.202. The number of nitrogens with one attached hydrogen (secondary N) is 1. The lowest BCUT2D eigenvalue weighted by Crippen LogP contribution is -2.35. The van der Waals surface area contributed by atoms with E-state index in [1.54, 1.807) is 24.0 Å². The Balaban J connectivity index is 1.82. The summed E-state index contributed by atoms with van der Waals surface area (Å²) in [5.74, 6) is -0.297. The first-order valence-corrected chi connectivity index (χ1v) is 9.57. The van der Waals surface area contributed by atoms with E-state index in [0.717, 1.165) is 10.4 Å². The summed E-state index contributed by atoms with van der Waals surface area (Å²) in [7, 11) is 0. The molecule has 6 nitrogen and oxygen atoms in total. The molecule has 2 amide bonds. The molecule has 1 N–H and O–H groups in total. The summed E-state index contributed by atoms with van der Waals surface area (Å²) in [5.41, 5.74) is 1.37. The Morgan fingerprint density at radius 1 is 1.44 bits per heavy atom. The van der Waals surface area contributed by atoms with E-state index in [4.69, 9.17) is 16.3 Å². The van der Waals surface area contributed by atoms with Crippen LogP contribution in [-0.2, 0) is 17.7 Å². The molecule has 0 aliphatic carbocycles. The lowest BCUT2D eigenvalue weighted by atomic mass is 10.0. The van der Waals surface area contributed by atoms with E-state index in [-0.39, 0.29) is 12.0 Å². The molecule has 1 aliphatic rings. The van der Waals surface area contributed by atoms with Crippen molar-refractivity contribution < 1.29 is 14.3 Å². The van der Waals surface area contributed by atoms with Gasteiger partial charge in [0.1, 0.15) is 11.1 Å². The Morgan fingerprint density at radius 2 is 2.24 bits per heavy atom. The number of fused-ring (bicyclic) bond motifs is 1. The van der Waals surface area contributed by atoms with E-state index in [1.165, 1.54) is 22.7 Å². The zero-order valence-corrected chi connectivity index (χ0v) is 15.7. The van der Waals surface area contributed by atoms with Crippen molar-refractivity contribution in [2.45, 2.75) is 19.9 Å². The number of ether oxygens (including phenoxy) is 1. The van der Waals surface area contributed by atoms with E-state index in [2.05, 4.69) is 11.4 Å². The van der Waals surface area contributed by atoms with Gasteiger partial charge in [-0.2, -0.15) is 5.26 Å². The largest absolute Gasteiger partial charge is 0.450 e. The van der Waals surface area contributed by atoms with Crippen LogP contribution in [0.2, 0.25) is 4.34 Å². The summed E-state index contributed by atoms with van der Waals surface area (Å²) < 4.78 is 5.56. The van der Waals surface area contributed by atoms with Crippen LogP contribution in [0.15, 0.2) is 12.1 Å². The minimum Gasteiger partial charge on any atom is -0.450 e. The third kappa shape index (κ3) is 3.63. The van der Waals surface area contributed by atoms with Gasteiger partial charge in [0.2, 0.25) is 0 Å². The first kappa shape index (κ1) is 17.7. The molecule has 25 heavy (non-hydrogen) atoms. The number of nitrogens with zero attached hydrogens (tertiary/aromatic N) is 2. The molecule has 3 heterocycles. The second kappa shape index (κ2) is 7.44. The van der Waals surface area contributed by atoms with Gasteiger partial charge in [0.05, 0.1) is 27.9 Å². The van der Waals surface area contributed by atoms with Gasteiger partial charge in [-0.3, -0.25) is 4.79 Å². The highest BCUT2D eigenvalue weighted by atomic mass is 35.5. The van der Waals surface area contributed by atoms with Crippen molar-refractivity contribution >= 4 is 51.3 Å². The van der Waals surface area contributed by atoms with Gasteiger partial charge in [0.25, 0.3) is 5.91 Å². The minimum atomic E-state index is -0.362. The summed E-state index contributed by atoms with van der Waals surface area (Å²) in [4.78, 5) is 27.2. The molecule has 3 rings (SSSR count). The van der Waals surface area contributed by atoms with Crippen molar-refractivity contribution in [3.63, 3.8) is 0 Å². The monoisotopic (exact) mass is 395 g/mol. The minimum absolute atomic E-state index is 0.297. The van der Waals surface area contributed by atoms with E-state index in [9.17, 15) is 14.9 Å². The molecule has 130 valence electrons. The molecule has 0 radical (unpaired) electrons. The summed E-state index contributed by atoms with van der Waals surface area (Å²) >= 11 is 8.36. The zero-order valence-electron chi connectivity index (χ0n) is 13.3. The van der Waals surface area contributed by atoms with Crippen LogP contribution in [0.5, 0.6) is 0 Å². The van der Waals surface area contributed by atoms with Crippen LogP contribution in [0.3, 0.4) is 0 Å². The molecule has 0 aromatic carbocycles. The predicted octanol–water partition coefficient (Wildman–Crippen LogP) is 4.10. The fraction of sp³-hybridized carbons (Fsp3) is 0.312. The second-order valence-electron chi connectivity index (χ2n) is 5.25. The van der Waals surface area contributed by atoms with Crippen molar-refractivity contribution in [2.75, 3.05) is 18.5 Å². The lowest BCUT2D eigenvalue weighted by Gasteiger charge is -2.25. The van der Waals surface area contributed by atoms with Gasteiger partial charge in [-0.1, -0.05) is 11.6 Å². The maximum Gasteiger partial charge on any atom is 0.410 e. The number of rotatable bonds is 3. The fourth-order valence-electron chi connectivity index (χ4n) is 2.58. The Labute approximate surface area is 157 Å². The summed E-state index contributed by atoms with van der Waals surface area (Å²) in [6, 6.07) is 5.47. The zero-order chi connectivity index (χ0) is 18.0. The number of amides is 2. The Morgan fingerprint density at radius 3 is 2.88 bits per heavy atom. The van der Waals surface area contributed by atoms with Crippen molar-refractivity contribution in [2.24, 2.45) is 0 Å². The number of thiophene rings is 2. The summed E-state index contributed by atoms with van der Waals surface area (Å²) in [6.45, 7) is 2.96. The molecule has 0 saturated carbocycles. The van der Waals surface area contributed by atoms with Gasteiger partial charge in [0.15, 0.2) is 0 Å². The van der Waals surface area contributed by atoms with Crippen LogP contribution in [0, 0.1) is 11.3 Å². The molecule has 0 saturated heterocycles. The number of carbonyl (C=O) groups excluding carboxylic acids is 2. The average Bonchev–Trinajstić information content (AvgIpc) is 3.17. The van der Waals surface area contributed by atoms with Crippen LogP contribution >= 0.6 is 34.3 Å². The van der Waals surface area contributed by atoms with Gasteiger partial charge in [-0.25, -0.2) is 4.79 Å². The summed E-state index contributed by atoms with van der Waals surface area (Å²) in [5, 5.41) is 12.8. The van der Waals surface area contributed by atoms with E-state index in [1.807, 2.05) is 0 Å². The topological polar surface area (TPSA) is 82.4 Å². The molecule has 0 fully saturated rings. The van der Waals surface area contributed by atoms with Gasteiger partial charge in [0, 0.05) is 11.4 Å². The molecule has 0 atom stereocenters. The van der Waals surface area contributed by atoms with E-state index in [0.29, 0.717) is 45.9 Å². The molecule has 9 heteroatoms. The second-order valence-corrected chi connectivity index (χ2v) is 8.07. The molecule has 0 bridgehead atoms. The maximum atomic E-state index is 12.3. The molecule has 2 aromatic rings. The first-order valence-electron chi connectivity index (χ1n) is 7.56. The highest BCUT2D eigenvalue weighted by Crippen LogP contribution is 2.37. The van der Waals surface area contributed by atoms with E-state index < -0.39 is 0 Å². The molecule has 2 aromatic heterocycles. The average molecular weight is 396 g/mol. The quantitative estimate of drug-likeness (QED) is 0.848. The lowest BCUT2D eigenvalue weighted by molar-refractivity contribution is 0.102. The van der Waals surface area contributed by atoms with Crippen LogP contribution < -0.4 is 5.32 Å². The maximum absolute atomic E-state index is 12.3. The van der Waals surface area contributed by atoms with Crippen LogP contribution in [-0.4, -0.2) is 30.1 Å². The fourth-order valence-corrected chi connectivity index (χ4v) is 4.73. The predicted molar refractivity (Wildman–Crippen MR) is 97.5 cm³/mol. The Hall–Kier alpha value is -2.08. The first-order chi connectivity index (χ1) is 12.0. The van der Waals surface area contributed by atoms with Crippen molar-refractivity contribution in [3.05, 3.63) is 37.4 Å². The Kier molecular flexibility index (Phi) is 5.27. The molecule has 0 spiro atoms. The molecular weight excluding hydrogens is 382 g/mol. The normalized spacial score (nSPS) is 13.1. The number of hydrogen-bond acceptors (Lipinski definition) is 6. The van der Waals surface area contributed by atoms with Crippen molar-refractivity contribution in [1.82, 2.24) is 4.90 Å². The van der Waals surface area contributed by atoms with Crippen LogP contribution in [0.25, 0.3) is 0 Å². The number of halogens is 1. The molecule has 0 unspecified atom stereocenters. The van der Waals surface area contributed by atoms with Gasteiger partial charge < -0.3 is 15.0 Å². The van der Waals surface area contributed by atoms with Crippen molar-refractivity contribution in [1.29, 1.82) is 5.26 Å². The third-order valence-corrected chi connectivity index (χ3v) is 6.08. The number of anilines is 1. The van der Waals surface area contributed by atoms with Gasteiger partial charge in [-0.05, 0) is 31.0 Å². The number of hydrogen-bond donors (Lipinski definition) is 1. The SMILES string of the molecule is CCOC(=O)N1CCc2c(sc(NC(=O)c3ccc(Cl)s3)c2C#N)C1. The van der Waals surface area contributed by atoms with E-state index >= 15 is 0 Å². The molecular formula is C16H14ClN3O3S2. The number of carbonyl (C=O) groups is 2. The standard InChI is InChI=1S/C16H14ClN3O3S2/c1-2-23-16(22)20-6-5-9-10(7-18)15(25-12(9)8-20)19-14(21)11-3-4-13(17)24-11/h3-4H,2,5-6,8H2,1H3,(H,19,21). The van der Waals surface area contributed by atoms with Gasteiger partial charge >= 0.3 is 6.09 Å². The third-order valence-electron chi connectivity index (χ3n) is 3.72. The van der Waals surface area contributed by atoms with Crippen molar-refractivity contribution in [3.8, 4) is 6.07 Å².